The molecule has 0 spiro atoms. The Balaban J connectivity index is 2.04. The molecular weight excluding hydrogens is 168 g/mol. The van der Waals surface area contributed by atoms with E-state index < -0.39 is 0 Å². The third kappa shape index (κ3) is 1.50. The van der Waals surface area contributed by atoms with E-state index in [1.807, 2.05) is 4.90 Å². The Morgan fingerprint density at radius 3 is 3.08 bits per heavy atom. The molecule has 2 saturated heterocycles. The van der Waals surface area contributed by atoms with Crippen molar-refractivity contribution >= 4 is 6.09 Å². The van der Waals surface area contributed by atoms with E-state index in [0.717, 1.165) is 19.6 Å². The standard InChI is InChI=1S/C9H16N2O2/c1-6(2)5-11-7-3-10-4-8(7)13-9(11)12/h6-8,10H,3-5H2,1-2H3. The van der Waals surface area contributed by atoms with Crippen molar-refractivity contribution in [3.05, 3.63) is 0 Å². The molecule has 0 bridgehead atoms. The van der Waals surface area contributed by atoms with Crippen molar-refractivity contribution in [2.75, 3.05) is 19.6 Å². The summed E-state index contributed by atoms with van der Waals surface area (Å²) in [7, 11) is 0. The minimum Gasteiger partial charge on any atom is -0.442 e. The predicted octanol–water partition coefficient (Wildman–Crippen LogP) is 0.435. The maximum absolute atomic E-state index is 11.4. The Kier molecular flexibility index (Phi) is 2.15. The van der Waals surface area contributed by atoms with Crippen LogP contribution < -0.4 is 5.32 Å². The molecule has 2 aliphatic rings. The lowest BCUT2D eigenvalue weighted by molar-refractivity contribution is 0.133. The Labute approximate surface area is 78.2 Å². The van der Waals surface area contributed by atoms with Gasteiger partial charge in [-0.1, -0.05) is 13.8 Å². The number of carbonyl (C=O) groups excluding carboxylic acids is 1. The summed E-state index contributed by atoms with van der Waals surface area (Å²) in [6, 6.07) is 0.273. The molecule has 0 aliphatic carbocycles. The van der Waals surface area contributed by atoms with Gasteiger partial charge >= 0.3 is 6.09 Å². The minimum atomic E-state index is -0.134. The van der Waals surface area contributed by atoms with Gasteiger partial charge in [0.2, 0.25) is 0 Å². The monoisotopic (exact) mass is 184 g/mol. The van der Waals surface area contributed by atoms with Crippen LogP contribution in [0.3, 0.4) is 0 Å². The first kappa shape index (κ1) is 8.81. The van der Waals surface area contributed by atoms with E-state index in [0.29, 0.717) is 5.92 Å². The van der Waals surface area contributed by atoms with Gasteiger partial charge in [-0.05, 0) is 5.92 Å². The van der Waals surface area contributed by atoms with Crippen molar-refractivity contribution in [3.8, 4) is 0 Å². The maximum atomic E-state index is 11.4. The zero-order valence-corrected chi connectivity index (χ0v) is 8.12. The molecule has 2 rings (SSSR count). The topological polar surface area (TPSA) is 41.6 Å². The van der Waals surface area contributed by atoms with Gasteiger partial charge in [-0.3, -0.25) is 4.90 Å². The van der Waals surface area contributed by atoms with Crippen LogP contribution in [0.4, 0.5) is 4.79 Å². The molecule has 74 valence electrons. The fourth-order valence-electron chi connectivity index (χ4n) is 2.01. The molecule has 2 aliphatic heterocycles. The molecule has 1 amide bonds. The van der Waals surface area contributed by atoms with Crippen LogP contribution >= 0.6 is 0 Å². The molecule has 13 heavy (non-hydrogen) atoms. The van der Waals surface area contributed by atoms with Crippen molar-refractivity contribution in [1.29, 1.82) is 0 Å². The van der Waals surface area contributed by atoms with Gasteiger partial charge in [0.05, 0.1) is 6.04 Å². The third-order valence-electron chi connectivity index (χ3n) is 2.58. The number of ether oxygens (including phenoxy) is 1. The van der Waals surface area contributed by atoms with Gasteiger partial charge in [0.1, 0.15) is 6.10 Å². The van der Waals surface area contributed by atoms with Gasteiger partial charge < -0.3 is 10.1 Å². The molecule has 0 saturated carbocycles. The number of carbonyl (C=O) groups is 1. The number of hydrogen-bond acceptors (Lipinski definition) is 3. The molecule has 4 heteroatoms. The smallest absolute Gasteiger partial charge is 0.410 e. The van der Waals surface area contributed by atoms with Crippen LogP contribution in [0.25, 0.3) is 0 Å². The van der Waals surface area contributed by atoms with Gasteiger partial charge in [0.15, 0.2) is 0 Å². The summed E-state index contributed by atoms with van der Waals surface area (Å²) in [6.07, 6.45) is -0.0450. The Bertz CT molecular complexity index is 218. The lowest BCUT2D eigenvalue weighted by Crippen LogP contribution is -2.39. The van der Waals surface area contributed by atoms with E-state index in [4.69, 9.17) is 4.74 Å². The fourth-order valence-corrected chi connectivity index (χ4v) is 2.01. The highest BCUT2D eigenvalue weighted by Gasteiger charge is 2.44. The molecule has 2 atom stereocenters. The molecule has 0 aromatic heterocycles. The average Bonchev–Trinajstić information content (AvgIpc) is 2.55. The van der Waals surface area contributed by atoms with Crippen LogP contribution in [0.2, 0.25) is 0 Å². The van der Waals surface area contributed by atoms with Gasteiger partial charge in [-0.2, -0.15) is 0 Å². The SMILES string of the molecule is CC(C)CN1C(=O)OC2CNCC21. The summed E-state index contributed by atoms with van der Waals surface area (Å²) in [5.41, 5.74) is 0. The van der Waals surface area contributed by atoms with E-state index in [9.17, 15) is 4.79 Å². The average molecular weight is 184 g/mol. The number of rotatable bonds is 2. The first-order valence-corrected chi connectivity index (χ1v) is 4.86. The molecule has 4 nitrogen and oxygen atoms in total. The maximum Gasteiger partial charge on any atom is 0.410 e. The largest absolute Gasteiger partial charge is 0.442 e. The quantitative estimate of drug-likeness (QED) is 0.677. The number of amides is 1. The van der Waals surface area contributed by atoms with Gasteiger partial charge in [0, 0.05) is 19.6 Å². The van der Waals surface area contributed by atoms with E-state index in [1.54, 1.807) is 0 Å². The Hall–Kier alpha value is -0.770. The van der Waals surface area contributed by atoms with Crippen molar-refractivity contribution in [2.45, 2.75) is 26.0 Å². The fraction of sp³-hybridized carbons (Fsp3) is 0.889. The molecular formula is C9H16N2O2. The van der Waals surface area contributed by atoms with Crippen molar-refractivity contribution < 1.29 is 9.53 Å². The lowest BCUT2D eigenvalue weighted by Gasteiger charge is -2.21. The Morgan fingerprint density at radius 1 is 1.62 bits per heavy atom. The first-order chi connectivity index (χ1) is 6.18. The summed E-state index contributed by atoms with van der Waals surface area (Å²) in [5, 5.41) is 3.23. The Morgan fingerprint density at radius 2 is 2.38 bits per heavy atom. The zero-order valence-electron chi connectivity index (χ0n) is 8.12. The van der Waals surface area contributed by atoms with Crippen molar-refractivity contribution in [2.24, 2.45) is 5.92 Å². The highest BCUT2D eigenvalue weighted by atomic mass is 16.6. The van der Waals surface area contributed by atoms with Gasteiger partial charge in [0.25, 0.3) is 0 Å². The van der Waals surface area contributed by atoms with Crippen LogP contribution in [-0.2, 0) is 4.74 Å². The van der Waals surface area contributed by atoms with Crippen LogP contribution in [0.1, 0.15) is 13.8 Å². The number of nitrogens with zero attached hydrogens (tertiary/aromatic N) is 1. The van der Waals surface area contributed by atoms with E-state index in [1.165, 1.54) is 0 Å². The number of hydrogen-bond donors (Lipinski definition) is 1. The summed E-state index contributed by atoms with van der Waals surface area (Å²) in [6.45, 7) is 6.72. The highest BCUT2D eigenvalue weighted by molar-refractivity contribution is 5.71. The van der Waals surface area contributed by atoms with Crippen LogP contribution in [0, 0.1) is 5.92 Å². The summed E-state index contributed by atoms with van der Waals surface area (Å²) in [5.74, 6) is 0.506. The summed E-state index contributed by atoms with van der Waals surface area (Å²) >= 11 is 0. The van der Waals surface area contributed by atoms with Gasteiger partial charge in [-0.15, -0.1) is 0 Å². The summed E-state index contributed by atoms with van der Waals surface area (Å²) < 4.78 is 5.22. The molecule has 2 heterocycles. The normalized spacial score (nSPS) is 32.5. The van der Waals surface area contributed by atoms with Crippen LogP contribution in [-0.4, -0.2) is 42.8 Å². The molecule has 0 aromatic rings. The second-order valence-corrected chi connectivity index (χ2v) is 4.19. The molecule has 2 unspecified atom stereocenters. The molecule has 0 radical (unpaired) electrons. The highest BCUT2D eigenvalue weighted by Crippen LogP contribution is 2.23. The van der Waals surface area contributed by atoms with E-state index in [2.05, 4.69) is 19.2 Å². The number of nitrogens with one attached hydrogen (secondary N) is 1. The zero-order chi connectivity index (χ0) is 9.42. The van der Waals surface area contributed by atoms with Crippen molar-refractivity contribution in [1.82, 2.24) is 10.2 Å². The second kappa shape index (κ2) is 3.18. The van der Waals surface area contributed by atoms with Gasteiger partial charge in [-0.25, -0.2) is 4.79 Å². The third-order valence-corrected chi connectivity index (χ3v) is 2.58. The first-order valence-electron chi connectivity index (χ1n) is 4.86. The molecule has 1 N–H and O–H groups in total. The second-order valence-electron chi connectivity index (χ2n) is 4.19. The lowest BCUT2D eigenvalue weighted by atomic mass is 10.1. The van der Waals surface area contributed by atoms with E-state index >= 15 is 0 Å². The minimum absolute atomic E-state index is 0.0891. The predicted molar refractivity (Wildman–Crippen MR) is 48.5 cm³/mol. The van der Waals surface area contributed by atoms with E-state index in [-0.39, 0.29) is 18.2 Å². The molecule has 2 fully saturated rings. The van der Waals surface area contributed by atoms with Crippen LogP contribution in [0.5, 0.6) is 0 Å². The summed E-state index contributed by atoms with van der Waals surface area (Å²) in [4.78, 5) is 13.3. The molecule has 0 aromatic carbocycles. The number of fused-ring (bicyclic) bond motifs is 1. The van der Waals surface area contributed by atoms with Crippen molar-refractivity contribution in [3.63, 3.8) is 0 Å². The van der Waals surface area contributed by atoms with Crippen LogP contribution in [0.15, 0.2) is 0 Å².